The lowest BCUT2D eigenvalue weighted by Crippen LogP contribution is -2.25. The molecule has 4 aromatic rings. The number of hydrogen-bond donors (Lipinski definition) is 2. The summed E-state index contributed by atoms with van der Waals surface area (Å²) >= 11 is 1.22. The molecule has 4 rings (SSSR count). The van der Waals surface area contributed by atoms with Crippen molar-refractivity contribution in [3.8, 4) is 11.1 Å². The number of thioether (sulfide) groups is 1. The lowest BCUT2D eigenvalue weighted by atomic mass is 10.1. The van der Waals surface area contributed by atoms with Crippen molar-refractivity contribution in [2.45, 2.75) is 11.7 Å². The average molecular weight is 394 g/mol. The zero-order valence-electron chi connectivity index (χ0n) is 15.1. The first-order valence-corrected chi connectivity index (χ1v) is 9.67. The molecular weight excluding hydrogens is 376 g/mol. The van der Waals surface area contributed by atoms with E-state index in [1.165, 1.54) is 16.3 Å². The van der Waals surface area contributed by atoms with Gasteiger partial charge < -0.3 is 14.7 Å². The minimum absolute atomic E-state index is 0.150. The number of amides is 1. The Morgan fingerprint density at radius 1 is 1.25 bits per heavy atom. The molecule has 8 heteroatoms. The first kappa shape index (κ1) is 18.1. The van der Waals surface area contributed by atoms with Gasteiger partial charge in [0.2, 0.25) is 5.91 Å². The van der Waals surface area contributed by atoms with E-state index in [9.17, 15) is 9.59 Å². The SMILES string of the molecule is Cn1c(SCC(=O)NCc2ccco2)nc2c(-c3ccccc3)c[nH]c2c1=O. The zero-order chi connectivity index (χ0) is 19.5. The molecule has 0 fully saturated rings. The molecule has 0 aliphatic heterocycles. The predicted molar refractivity (Wildman–Crippen MR) is 108 cm³/mol. The molecule has 142 valence electrons. The highest BCUT2D eigenvalue weighted by atomic mass is 32.2. The van der Waals surface area contributed by atoms with Gasteiger partial charge in [-0.25, -0.2) is 4.98 Å². The maximum Gasteiger partial charge on any atom is 0.278 e. The summed E-state index contributed by atoms with van der Waals surface area (Å²) in [5.41, 5.74) is 2.71. The maximum absolute atomic E-state index is 12.7. The van der Waals surface area contributed by atoms with Crippen LogP contribution < -0.4 is 10.9 Å². The molecule has 2 N–H and O–H groups in total. The molecular formula is C20H18N4O3S. The van der Waals surface area contributed by atoms with Gasteiger partial charge in [0.05, 0.1) is 18.6 Å². The largest absolute Gasteiger partial charge is 0.467 e. The Balaban J connectivity index is 1.56. The van der Waals surface area contributed by atoms with Crippen LogP contribution in [0, 0.1) is 0 Å². The van der Waals surface area contributed by atoms with Crippen LogP contribution in [-0.2, 0) is 18.4 Å². The van der Waals surface area contributed by atoms with Crippen molar-refractivity contribution in [2.75, 3.05) is 5.75 Å². The molecule has 0 saturated carbocycles. The number of nitrogens with one attached hydrogen (secondary N) is 2. The van der Waals surface area contributed by atoms with Crippen molar-refractivity contribution < 1.29 is 9.21 Å². The van der Waals surface area contributed by atoms with Gasteiger partial charge >= 0.3 is 0 Å². The first-order chi connectivity index (χ1) is 13.6. The van der Waals surface area contributed by atoms with Crippen molar-refractivity contribution in [1.82, 2.24) is 19.9 Å². The van der Waals surface area contributed by atoms with E-state index in [-0.39, 0.29) is 17.2 Å². The topological polar surface area (TPSA) is 92.9 Å². The molecule has 0 aliphatic carbocycles. The number of aromatic amines is 1. The summed E-state index contributed by atoms with van der Waals surface area (Å²) in [5, 5.41) is 3.27. The Bertz CT molecular complexity index is 1160. The molecule has 0 atom stereocenters. The monoisotopic (exact) mass is 394 g/mol. The van der Waals surface area contributed by atoms with E-state index in [2.05, 4.69) is 15.3 Å². The van der Waals surface area contributed by atoms with Crippen molar-refractivity contribution in [2.24, 2.45) is 7.05 Å². The molecule has 3 heterocycles. The number of aromatic nitrogens is 3. The van der Waals surface area contributed by atoms with Gasteiger partial charge in [-0.1, -0.05) is 42.1 Å². The third-order valence-electron chi connectivity index (χ3n) is 4.32. The molecule has 0 bridgehead atoms. The van der Waals surface area contributed by atoms with Gasteiger partial charge in [-0.05, 0) is 17.7 Å². The van der Waals surface area contributed by atoms with Crippen molar-refractivity contribution in [3.05, 3.63) is 71.0 Å². The molecule has 0 spiro atoms. The summed E-state index contributed by atoms with van der Waals surface area (Å²) in [4.78, 5) is 32.5. The van der Waals surface area contributed by atoms with E-state index in [0.717, 1.165) is 11.1 Å². The van der Waals surface area contributed by atoms with Crippen LogP contribution in [0.1, 0.15) is 5.76 Å². The number of nitrogens with zero attached hydrogens (tertiary/aromatic N) is 2. The number of furan rings is 1. The molecule has 7 nitrogen and oxygen atoms in total. The molecule has 1 aromatic carbocycles. The summed E-state index contributed by atoms with van der Waals surface area (Å²) in [6, 6.07) is 13.3. The number of H-pyrrole nitrogens is 1. The molecule has 0 saturated heterocycles. The molecule has 0 aliphatic rings. The Labute approximate surface area is 164 Å². The van der Waals surface area contributed by atoms with E-state index in [1.54, 1.807) is 31.6 Å². The number of fused-ring (bicyclic) bond motifs is 1. The molecule has 3 aromatic heterocycles. The van der Waals surface area contributed by atoms with Gasteiger partial charge in [-0.2, -0.15) is 0 Å². The average Bonchev–Trinajstić information content (AvgIpc) is 3.38. The smallest absolute Gasteiger partial charge is 0.278 e. The molecule has 1 amide bonds. The fraction of sp³-hybridized carbons (Fsp3) is 0.150. The van der Waals surface area contributed by atoms with Crippen LogP contribution in [0.4, 0.5) is 0 Å². The summed E-state index contributed by atoms with van der Waals surface area (Å²) in [6.45, 7) is 0.327. The second-order valence-corrected chi connectivity index (χ2v) is 7.14. The van der Waals surface area contributed by atoms with Crippen molar-refractivity contribution in [1.29, 1.82) is 0 Å². The van der Waals surface area contributed by atoms with Gasteiger partial charge in [-0.15, -0.1) is 0 Å². The van der Waals surface area contributed by atoms with E-state index >= 15 is 0 Å². The molecule has 0 radical (unpaired) electrons. The standard InChI is InChI=1S/C20H18N4O3S/c1-24-19(26)18-17(15(11-22-18)13-6-3-2-4-7-13)23-20(24)28-12-16(25)21-10-14-8-5-9-27-14/h2-9,11,22H,10,12H2,1H3,(H,21,25). The first-order valence-electron chi connectivity index (χ1n) is 8.69. The van der Waals surface area contributed by atoms with Crippen LogP contribution >= 0.6 is 11.8 Å². The Morgan fingerprint density at radius 2 is 2.07 bits per heavy atom. The Morgan fingerprint density at radius 3 is 2.82 bits per heavy atom. The van der Waals surface area contributed by atoms with Gasteiger partial charge in [0, 0.05) is 18.8 Å². The second kappa shape index (κ2) is 7.77. The highest BCUT2D eigenvalue weighted by Crippen LogP contribution is 2.27. The van der Waals surface area contributed by atoms with Crippen molar-refractivity contribution in [3.63, 3.8) is 0 Å². The van der Waals surface area contributed by atoms with Gasteiger partial charge in [0.25, 0.3) is 5.56 Å². The zero-order valence-corrected chi connectivity index (χ0v) is 16.0. The summed E-state index contributed by atoms with van der Waals surface area (Å²) in [7, 11) is 1.65. The van der Waals surface area contributed by atoms with Crippen LogP contribution in [0.15, 0.2) is 69.3 Å². The number of carbonyl (C=O) groups is 1. The lowest BCUT2D eigenvalue weighted by molar-refractivity contribution is -0.118. The third kappa shape index (κ3) is 3.59. The van der Waals surface area contributed by atoms with Crippen LogP contribution in [0.25, 0.3) is 22.2 Å². The fourth-order valence-electron chi connectivity index (χ4n) is 2.87. The summed E-state index contributed by atoms with van der Waals surface area (Å²) in [6.07, 6.45) is 3.35. The van der Waals surface area contributed by atoms with E-state index in [1.807, 2.05) is 30.3 Å². The summed E-state index contributed by atoms with van der Waals surface area (Å²) in [5.74, 6) is 0.677. The number of hydrogen-bond acceptors (Lipinski definition) is 5. The van der Waals surface area contributed by atoms with E-state index < -0.39 is 0 Å². The second-order valence-electron chi connectivity index (χ2n) is 6.20. The minimum Gasteiger partial charge on any atom is -0.467 e. The van der Waals surface area contributed by atoms with Crippen LogP contribution in [0.5, 0.6) is 0 Å². The predicted octanol–water partition coefficient (Wildman–Crippen LogP) is 2.93. The van der Waals surface area contributed by atoms with Crippen LogP contribution in [-0.4, -0.2) is 26.2 Å². The van der Waals surface area contributed by atoms with E-state index in [0.29, 0.717) is 28.5 Å². The van der Waals surface area contributed by atoms with Crippen LogP contribution in [0.2, 0.25) is 0 Å². The Hall–Kier alpha value is -3.26. The third-order valence-corrected chi connectivity index (χ3v) is 5.35. The minimum atomic E-state index is -0.175. The van der Waals surface area contributed by atoms with Gasteiger partial charge in [-0.3, -0.25) is 14.2 Å². The van der Waals surface area contributed by atoms with Gasteiger partial charge in [0.1, 0.15) is 16.8 Å². The number of benzene rings is 1. The number of carbonyl (C=O) groups excluding carboxylic acids is 1. The quantitative estimate of drug-likeness (QED) is 0.387. The van der Waals surface area contributed by atoms with E-state index in [4.69, 9.17) is 4.42 Å². The molecule has 28 heavy (non-hydrogen) atoms. The van der Waals surface area contributed by atoms with Gasteiger partial charge in [0.15, 0.2) is 5.16 Å². The number of rotatable bonds is 6. The van der Waals surface area contributed by atoms with Crippen molar-refractivity contribution >= 4 is 28.7 Å². The summed E-state index contributed by atoms with van der Waals surface area (Å²) < 4.78 is 6.65. The van der Waals surface area contributed by atoms with Crippen LogP contribution in [0.3, 0.4) is 0 Å². The molecule has 0 unspecified atom stereocenters. The normalized spacial score (nSPS) is 11.0. The highest BCUT2D eigenvalue weighted by Gasteiger charge is 2.15. The maximum atomic E-state index is 12.7. The fourth-order valence-corrected chi connectivity index (χ4v) is 3.66. The lowest BCUT2D eigenvalue weighted by Gasteiger charge is -2.08. The highest BCUT2D eigenvalue weighted by molar-refractivity contribution is 7.99. The Kier molecular flexibility index (Phi) is 5.03.